The number of benzene rings is 10. The molecule has 0 fully saturated rings. The fraction of sp³-hybridized carbons (Fsp3) is 0.0769. The smallest absolute Gasteiger partial charge is 0.0720 e. The van der Waals surface area contributed by atoms with E-state index in [2.05, 4.69) is 267 Å². The largest absolute Gasteiger partial charge is 0.310 e. The molecule has 0 heterocycles. The predicted octanol–water partition coefficient (Wildman–Crippen LogP) is 16.2. The minimum Gasteiger partial charge on any atom is -0.310 e. The van der Waals surface area contributed by atoms with Gasteiger partial charge in [0.15, 0.2) is 0 Å². The van der Waals surface area contributed by atoms with Crippen molar-refractivity contribution >= 4 is 17.1 Å². The Hall–Kier alpha value is -8.00. The van der Waals surface area contributed by atoms with Crippen LogP contribution in [0, 0.1) is 0 Å². The van der Waals surface area contributed by atoms with Gasteiger partial charge in [0.05, 0.1) is 10.8 Å². The van der Waals surface area contributed by atoms with Crippen LogP contribution < -0.4 is 4.90 Å². The highest BCUT2D eigenvalue weighted by Crippen LogP contribution is 2.65. The summed E-state index contributed by atoms with van der Waals surface area (Å²) in [5, 5.41) is 0. The Balaban J connectivity index is 0.944. The molecular weight excluding hydrogens is 795 g/mol. The first-order chi connectivity index (χ1) is 32.5. The number of anilines is 3. The fourth-order valence-corrected chi connectivity index (χ4v) is 12.4. The number of fused-ring (bicyclic) bond motifs is 8. The molecule has 312 valence electrons. The molecule has 0 saturated heterocycles. The van der Waals surface area contributed by atoms with Crippen LogP contribution in [0.2, 0.25) is 0 Å². The topological polar surface area (TPSA) is 3.24 Å². The van der Waals surface area contributed by atoms with E-state index in [1.165, 1.54) is 89.0 Å². The van der Waals surface area contributed by atoms with E-state index in [-0.39, 0.29) is 5.41 Å². The molecule has 3 aliphatic carbocycles. The highest BCUT2D eigenvalue weighted by Gasteiger charge is 2.57. The summed E-state index contributed by atoms with van der Waals surface area (Å²) < 4.78 is 0. The molecule has 2 atom stereocenters. The lowest BCUT2D eigenvalue weighted by atomic mass is 9.51. The van der Waals surface area contributed by atoms with Gasteiger partial charge in [0, 0.05) is 22.5 Å². The number of para-hydroxylation sites is 1. The summed E-state index contributed by atoms with van der Waals surface area (Å²) in [6.07, 6.45) is 0. The minimum absolute atomic E-state index is 0.0876. The third-order valence-corrected chi connectivity index (χ3v) is 15.2. The van der Waals surface area contributed by atoms with Gasteiger partial charge in [-0.05, 0) is 125 Å². The maximum Gasteiger partial charge on any atom is 0.0720 e. The van der Waals surface area contributed by atoms with Crippen molar-refractivity contribution in [1.82, 2.24) is 0 Å². The van der Waals surface area contributed by atoms with Gasteiger partial charge in [-0.3, -0.25) is 0 Å². The molecule has 66 heavy (non-hydrogen) atoms. The van der Waals surface area contributed by atoms with Gasteiger partial charge in [0.25, 0.3) is 0 Å². The highest BCUT2D eigenvalue weighted by molar-refractivity contribution is 5.92. The molecular formula is C65H47N. The molecule has 0 aromatic heterocycles. The third kappa shape index (κ3) is 5.23. The van der Waals surface area contributed by atoms with E-state index in [4.69, 9.17) is 0 Å². The fourth-order valence-electron chi connectivity index (χ4n) is 12.4. The van der Waals surface area contributed by atoms with Gasteiger partial charge in [-0.15, -0.1) is 0 Å². The zero-order chi connectivity index (χ0) is 44.0. The number of hydrogen-bond donors (Lipinski definition) is 0. The van der Waals surface area contributed by atoms with Crippen LogP contribution in [0.1, 0.15) is 69.5 Å². The maximum absolute atomic E-state index is 2.41. The molecule has 0 radical (unpaired) electrons. The first-order valence-electron chi connectivity index (χ1n) is 23.3. The molecule has 0 N–H and O–H groups in total. The van der Waals surface area contributed by atoms with E-state index in [1.807, 2.05) is 0 Å². The standard InChI is InChI=1S/C65H47N/c1-63(2)56-28-14-12-25-52(56)54-42-41-51(43-61(54)63)66(49-23-10-5-11-24-49)50-39-35-45(36-40-50)44-33-37-48(38-34-44)64(46-19-6-3-7-20-46)58-30-16-17-31-59(58)65(47-21-8-4-9-22-47)57-29-15-13-26-53(57)55-27-18-32-60(64)62(55)65/h3-43H,1-2H3. The van der Waals surface area contributed by atoms with Crippen LogP contribution in [0.3, 0.4) is 0 Å². The van der Waals surface area contributed by atoms with E-state index in [9.17, 15) is 0 Å². The second-order valence-corrected chi connectivity index (χ2v) is 18.7. The molecule has 0 saturated carbocycles. The van der Waals surface area contributed by atoms with Crippen LogP contribution in [0.15, 0.2) is 249 Å². The Bertz CT molecular complexity index is 3480. The van der Waals surface area contributed by atoms with Crippen LogP contribution >= 0.6 is 0 Å². The van der Waals surface area contributed by atoms with E-state index >= 15 is 0 Å². The number of hydrogen-bond acceptors (Lipinski definition) is 1. The molecule has 0 aliphatic heterocycles. The summed E-state index contributed by atoms with van der Waals surface area (Å²) in [5.41, 5.74) is 23.2. The van der Waals surface area contributed by atoms with Crippen molar-refractivity contribution < 1.29 is 0 Å². The van der Waals surface area contributed by atoms with Crippen molar-refractivity contribution in [1.29, 1.82) is 0 Å². The molecule has 1 heteroatoms. The van der Waals surface area contributed by atoms with Crippen LogP contribution in [0.25, 0.3) is 33.4 Å². The Morgan fingerprint density at radius 2 is 0.697 bits per heavy atom. The summed E-state index contributed by atoms with van der Waals surface area (Å²) in [6, 6.07) is 93.1. The second kappa shape index (κ2) is 14.5. The van der Waals surface area contributed by atoms with Crippen LogP contribution in [-0.4, -0.2) is 0 Å². The number of nitrogens with zero attached hydrogens (tertiary/aromatic N) is 1. The molecule has 3 aliphatic rings. The summed E-state index contributed by atoms with van der Waals surface area (Å²) in [7, 11) is 0. The van der Waals surface area contributed by atoms with Crippen LogP contribution in [-0.2, 0) is 16.2 Å². The van der Waals surface area contributed by atoms with Crippen molar-refractivity contribution in [2.24, 2.45) is 0 Å². The zero-order valence-electron chi connectivity index (χ0n) is 37.1. The van der Waals surface area contributed by atoms with Crippen LogP contribution in [0.5, 0.6) is 0 Å². The zero-order valence-corrected chi connectivity index (χ0v) is 37.1. The normalized spacial score (nSPS) is 17.8. The van der Waals surface area contributed by atoms with Gasteiger partial charge in [-0.1, -0.05) is 226 Å². The van der Waals surface area contributed by atoms with E-state index in [1.54, 1.807) is 0 Å². The first-order valence-corrected chi connectivity index (χ1v) is 23.3. The Morgan fingerprint density at radius 1 is 0.273 bits per heavy atom. The van der Waals surface area contributed by atoms with Gasteiger partial charge in [0.1, 0.15) is 0 Å². The molecule has 1 nitrogen and oxygen atoms in total. The Kier molecular flexibility index (Phi) is 8.45. The van der Waals surface area contributed by atoms with E-state index < -0.39 is 10.8 Å². The van der Waals surface area contributed by atoms with Crippen molar-refractivity contribution in [2.45, 2.75) is 30.1 Å². The Labute approximate surface area is 388 Å². The van der Waals surface area contributed by atoms with Crippen molar-refractivity contribution in [2.75, 3.05) is 4.90 Å². The quantitative estimate of drug-likeness (QED) is 0.155. The minimum atomic E-state index is -0.576. The lowest BCUT2D eigenvalue weighted by molar-refractivity contribution is 0.627. The monoisotopic (exact) mass is 841 g/mol. The molecule has 2 unspecified atom stereocenters. The van der Waals surface area contributed by atoms with Gasteiger partial charge in [-0.25, -0.2) is 0 Å². The second-order valence-electron chi connectivity index (χ2n) is 18.7. The molecule has 0 amide bonds. The van der Waals surface area contributed by atoms with Crippen molar-refractivity contribution in [3.05, 3.63) is 304 Å². The average molecular weight is 842 g/mol. The molecule has 0 spiro atoms. The highest BCUT2D eigenvalue weighted by atomic mass is 15.1. The van der Waals surface area contributed by atoms with E-state index in [0.29, 0.717) is 0 Å². The molecule has 10 aromatic rings. The lowest BCUT2D eigenvalue weighted by Gasteiger charge is -2.49. The van der Waals surface area contributed by atoms with Crippen molar-refractivity contribution in [3.8, 4) is 33.4 Å². The van der Waals surface area contributed by atoms with Gasteiger partial charge in [-0.2, -0.15) is 0 Å². The lowest BCUT2D eigenvalue weighted by Crippen LogP contribution is -2.44. The Morgan fingerprint density at radius 3 is 1.35 bits per heavy atom. The molecule has 0 bridgehead atoms. The third-order valence-electron chi connectivity index (χ3n) is 15.2. The SMILES string of the molecule is CC1(C)c2ccccc2-c2ccc(N(c3ccccc3)c3ccc(-c4ccc(C5(c6ccccc6)c6ccccc6C6(c7ccccc7)c7ccccc7-c7cccc5c76)cc4)cc3)cc21. The first kappa shape index (κ1) is 38.5. The summed E-state index contributed by atoms with van der Waals surface area (Å²) in [4.78, 5) is 2.39. The van der Waals surface area contributed by atoms with Crippen molar-refractivity contribution in [3.63, 3.8) is 0 Å². The molecule has 13 rings (SSSR count). The summed E-state index contributed by atoms with van der Waals surface area (Å²) in [6.45, 7) is 4.71. The number of rotatable bonds is 7. The van der Waals surface area contributed by atoms with Gasteiger partial charge in [0.2, 0.25) is 0 Å². The predicted molar refractivity (Wildman–Crippen MR) is 273 cm³/mol. The molecule has 10 aromatic carbocycles. The summed E-state index contributed by atoms with van der Waals surface area (Å²) in [5.74, 6) is 0. The van der Waals surface area contributed by atoms with E-state index in [0.717, 1.165) is 17.1 Å². The van der Waals surface area contributed by atoms with Gasteiger partial charge >= 0.3 is 0 Å². The van der Waals surface area contributed by atoms with Crippen LogP contribution in [0.4, 0.5) is 17.1 Å². The average Bonchev–Trinajstić information content (AvgIpc) is 3.82. The maximum atomic E-state index is 2.41. The van der Waals surface area contributed by atoms with Gasteiger partial charge < -0.3 is 4.90 Å². The summed E-state index contributed by atoms with van der Waals surface area (Å²) >= 11 is 0.